The molecule has 0 unspecified atom stereocenters. The van der Waals surface area contributed by atoms with Crippen molar-refractivity contribution in [3.8, 4) is 0 Å². The maximum absolute atomic E-state index is 11.1. The van der Waals surface area contributed by atoms with E-state index in [-0.39, 0.29) is 6.03 Å². The van der Waals surface area contributed by atoms with Crippen LogP contribution in [0.4, 0.5) is 4.79 Å². The van der Waals surface area contributed by atoms with Gasteiger partial charge in [-0.1, -0.05) is 13.3 Å². The van der Waals surface area contributed by atoms with Crippen molar-refractivity contribution in [3.05, 3.63) is 0 Å². The van der Waals surface area contributed by atoms with Gasteiger partial charge in [-0.3, -0.25) is 0 Å². The third-order valence-electron chi connectivity index (χ3n) is 4.69. The number of hydrogen-bond donors (Lipinski definition) is 2. The number of unbranched alkanes of at least 4 members (excludes halogenated alkanes) is 1. The van der Waals surface area contributed by atoms with Gasteiger partial charge in [0.25, 0.3) is 0 Å². The van der Waals surface area contributed by atoms with Crippen LogP contribution in [0.25, 0.3) is 0 Å². The second kappa shape index (κ2) is 7.84. The van der Waals surface area contributed by atoms with Gasteiger partial charge in [0.2, 0.25) is 0 Å². The van der Waals surface area contributed by atoms with E-state index in [0.717, 1.165) is 25.9 Å². The number of amides is 2. The van der Waals surface area contributed by atoms with Crippen LogP contribution in [-0.4, -0.2) is 60.6 Å². The molecule has 2 aliphatic rings. The summed E-state index contributed by atoms with van der Waals surface area (Å²) in [6.07, 6.45) is 7.22. The summed E-state index contributed by atoms with van der Waals surface area (Å²) in [5.41, 5.74) is 5.31. The number of piperidine rings is 2. The van der Waals surface area contributed by atoms with E-state index in [0.29, 0.717) is 12.1 Å². The molecule has 0 spiro atoms. The van der Waals surface area contributed by atoms with E-state index in [4.69, 9.17) is 5.73 Å². The molecule has 20 heavy (non-hydrogen) atoms. The molecule has 0 saturated carbocycles. The normalized spacial score (nSPS) is 23.1. The zero-order valence-corrected chi connectivity index (χ0v) is 12.8. The highest BCUT2D eigenvalue weighted by atomic mass is 16.2. The van der Waals surface area contributed by atoms with Gasteiger partial charge in [-0.2, -0.15) is 0 Å². The first-order chi connectivity index (χ1) is 9.69. The zero-order valence-electron chi connectivity index (χ0n) is 12.8. The lowest BCUT2D eigenvalue weighted by molar-refractivity contribution is 0.162. The number of nitrogens with zero attached hydrogens (tertiary/aromatic N) is 2. The maximum atomic E-state index is 11.1. The fraction of sp³-hybridized carbons (Fsp3) is 0.933. The minimum Gasteiger partial charge on any atom is -0.351 e. The lowest BCUT2D eigenvalue weighted by Crippen LogP contribution is -2.51. The first-order valence-corrected chi connectivity index (χ1v) is 8.21. The average molecular weight is 282 g/mol. The topological polar surface area (TPSA) is 61.6 Å². The van der Waals surface area contributed by atoms with Crippen LogP contribution in [0.2, 0.25) is 0 Å². The van der Waals surface area contributed by atoms with Crippen molar-refractivity contribution >= 4 is 6.03 Å². The quantitative estimate of drug-likeness (QED) is 0.801. The Labute approximate surface area is 122 Å². The summed E-state index contributed by atoms with van der Waals surface area (Å²) in [6.45, 7) is 7.60. The predicted octanol–water partition coefficient (Wildman–Crippen LogP) is 1.38. The Kier molecular flexibility index (Phi) is 6.10. The van der Waals surface area contributed by atoms with Crippen molar-refractivity contribution in [1.82, 2.24) is 15.1 Å². The first-order valence-electron chi connectivity index (χ1n) is 8.21. The van der Waals surface area contributed by atoms with Crippen molar-refractivity contribution < 1.29 is 4.79 Å². The van der Waals surface area contributed by atoms with Crippen molar-refractivity contribution in [1.29, 1.82) is 0 Å². The number of primary amides is 1. The minimum absolute atomic E-state index is 0.271. The Morgan fingerprint density at radius 2 is 1.65 bits per heavy atom. The molecule has 0 radical (unpaired) electrons. The van der Waals surface area contributed by atoms with Crippen LogP contribution in [0.3, 0.4) is 0 Å². The largest absolute Gasteiger partial charge is 0.351 e. The Balaban J connectivity index is 1.63. The summed E-state index contributed by atoms with van der Waals surface area (Å²) in [5, 5.41) is 3.79. The van der Waals surface area contributed by atoms with Crippen LogP contribution >= 0.6 is 0 Å². The molecule has 2 heterocycles. The van der Waals surface area contributed by atoms with Crippen LogP contribution in [0.1, 0.15) is 45.4 Å². The van der Waals surface area contributed by atoms with E-state index in [1.807, 2.05) is 0 Å². The molecule has 0 aromatic rings. The van der Waals surface area contributed by atoms with E-state index in [9.17, 15) is 4.79 Å². The molecular weight excluding hydrogens is 252 g/mol. The smallest absolute Gasteiger partial charge is 0.314 e. The molecule has 0 aliphatic carbocycles. The Bertz CT molecular complexity index is 294. The van der Waals surface area contributed by atoms with Gasteiger partial charge in [0.1, 0.15) is 0 Å². The van der Waals surface area contributed by atoms with E-state index in [2.05, 4.69) is 17.1 Å². The van der Waals surface area contributed by atoms with Crippen LogP contribution < -0.4 is 11.1 Å². The van der Waals surface area contributed by atoms with Crippen LogP contribution in [0.5, 0.6) is 0 Å². The predicted molar refractivity (Wildman–Crippen MR) is 81.7 cm³/mol. The van der Waals surface area contributed by atoms with Gasteiger partial charge in [-0.25, -0.2) is 4.79 Å². The van der Waals surface area contributed by atoms with Crippen molar-refractivity contribution in [2.24, 2.45) is 5.73 Å². The molecule has 0 atom stereocenters. The lowest BCUT2D eigenvalue weighted by atomic mass is 9.99. The second-order valence-corrected chi connectivity index (χ2v) is 6.24. The van der Waals surface area contributed by atoms with E-state index in [1.165, 1.54) is 45.3 Å². The van der Waals surface area contributed by atoms with E-state index >= 15 is 0 Å². The third-order valence-corrected chi connectivity index (χ3v) is 4.69. The van der Waals surface area contributed by atoms with Gasteiger partial charge >= 0.3 is 6.03 Å². The summed E-state index contributed by atoms with van der Waals surface area (Å²) in [7, 11) is 0. The first kappa shape index (κ1) is 15.6. The maximum Gasteiger partial charge on any atom is 0.314 e. The summed E-state index contributed by atoms with van der Waals surface area (Å²) in [5.74, 6) is 0. The highest BCUT2D eigenvalue weighted by Gasteiger charge is 2.25. The number of rotatable bonds is 5. The van der Waals surface area contributed by atoms with Gasteiger partial charge in [0.15, 0.2) is 0 Å². The lowest BCUT2D eigenvalue weighted by Gasteiger charge is -2.37. The molecular formula is C15H30N4O. The van der Waals surface area contributed by atoms with Gasteiger partial charge in [-0.15, -0.1) is 0 Å². The standard InChI is InChI=1S/C15H30N4O/c1-2-3-8-18-9-4-13(5-10-18)17-14-6-11-19(12-7-14)15(16)20/h13-14,17H,2-12H2,1H3,(H2,16,20). The SMILES string of the molecule is CCCCN1CCC(NC2CCN(C(N)=O)CC2)CC1. The summed E-state index contributed by atoms with van der Waals surface area (Å²) < 4.78 is 0. The second-order valence-electron chi connectivity index (χ2n) is 6.24. The number of carbonyl (C=O) groups excluding carboxylic acids is 1. The molecule has 5 heteroatoms. The van der Waals surface area contributed by atoms with Crippen molar-refractivity contribution in [3.63, 3.8) is 0 Å². The highest BCUT2D eigenvalue weighted by Crippen LogP contribution is 2.16. The minimum atomic E-state index is -0.271. The fourth-order valence-electron chi connectivity index (χ4n) is 3.30. The molecule has 5 nitrogen and oxygen atoms in total. The van der Waals surface area contributed by atoms with Crippen LogP contribution in [0.15, 0.2) is 0 Å². The molecule has 2 aliphatic heterocycles. The Hall–Kier alpha value is -0.810. The highest BCUT2D eigenvalue weighted by molar-refractivity contribution is 5.72. The van der Waals surface area contributed by atoms with E-state index < -0.39 is 0 Å². The molecule has 3 N–H and O–H groups in total. The van der Waals surface area contributed by atoms with Gasteiger partial charge < -0.3 is 20.9 Å². The molecule has 2 rings (SSSR count). The zero-order chi connectivity index (χ0) is 14.4. The molecule has 116 valence electrons. The molecule has 0 aromatic heterocycles. The molecule has 0 bridgehead atoms. The molecule has 2 amide bonds. The van der Waals surface area contributed by atoms with Crippen LogP contribution in [0, 0.1) is 0 Å². The molecule has 2 saturated heterocycles. The Morgan fingerprint density at radius 1 is 1.10 bits per heavy atom. The number of nitrogens with two attached hydrogens (primary N) is 1. The summed E-state index contributed by atoms with van der Waals surface area (Å²) in [6, 6.07) is 0.962. The average Bonchev–Trinajstić information content (AvgIpc) is 2.47. The van der Waals surface area contributed by atoms with Crippen molar-refractivity contribution in [2.75, 3.05) is 32.7 Å². The number of hydrogen-bond acceptors (Lipinski definition) is 3. The number of carbonyl (C=O) groups is 1. The number of nitrogens with one attached hydrogen (secondary N) is 1. The molecule has 2 fully saturated rings. The van der Waals surface area contributed by atoms with Crippen LogP contribution in [-0.2, 0) is 0 Å². The number of likely N-dealkylation sites (tertiary alicyclic amines) is 2. The summed E-state index contributed by atoms with van der Waals surface area (Å²) >= 11 is 0. The van der Waals surface area contributed by atoms with Gasteiger partial charge in [0.05, 0.1) is 0 Å². The van der Waals surface area contributed by atoms with E-state index in [1.54, 1.807) is 4.90 Å². The molecule has 0 aromatic carbocycles. The monoisotopic (exact) mass is 282 g/mol. The van der Waals surface area contributed by atoms with Gasteiger partial charge in [-0.05, 0) is 51.7 Å². The Morgan fingerprint density at radius 3 is 2.15 bits per heavy atom. The van der Waals surface area contributed by atoms with Crippen molar-refractivity contribution in [2.45, 2.75) is 57.5 Å². The summed E-state index contributed by atoms with van der Waals surface area (Å²) in [4.78, 5) is 15.4. The third kappa shape index (κ3) is 4.63. The number of urea groups is 1. The van der Waals surface area contributed by atoms with Gasteiger partial charge in [0, 0.05) is 25.2 Å². The fourth-order valence-corrected chi connectivity index (χ4v) is 3.30.